The Morgan fingerprint density at radius 2 is 1.78 bits per heavy atom. The van der Waals surface area contributed by atoms with Crippen molar-refractivity contribution in [2.24, 2.45) is 0 Å². The molecule has 0 bridgehead atoms. The number of ether oxygens (including phenoxy) is 1. The van der Waals surface area contributed by atoms with E-state index in [0.29, 0.717) is 17.9 Å². The smallest absolute Gasteiger partial charge is 0.288 e. The number of hydrazine groups is 1. The van der Waals surface area contributed by atoms with Gasteiger partial charge in [-0.15, -0.1) is 0 Å². The van der Waals surface area contributed by atoms with Crippen LogP contribution in [0, 0.1) is 0 Å². The minimum atomic E-state index is -0.563. The highest BCUT2D eigenvalue weighted by molar-refractivity contribution is 5.97. The largest absolute Gasteiger partial charge is 0.494 e. The van der Waals surface area contributed by atoms with Crippen LogP contribution < -0.4 is 20.9 Å². The number of pyridine rings is 1. The first-order valence-electron chi connectivity index (χ1n) is 8.61. The summed E-state index contributed by atoms with van der Waals surface area (Å²) in [4.78, 5) is 39.4. The monoisotopic (exact) mass is 370 g/mol. The molecular weight excluding hydrogens is 348 g/mol. The van der Waals surface area contributed by atoms with E-state index >= 15 is 0 Å². The molecule has 3 N–H and O–H groups in total. The average Bonchev–Trinajstić information content (AvgIpc) is 2.71. The summed E-state index contributed by atoms with van der Waals surface area (Å²) >= 11 is 0. The second-order valence-corrected chi connectivity index (χ2v) is 5.63. The summed E-state index contributed by atoms with van der Waals surface area (Å²) < 4.78 is 5.53. The minimum Gasteiger partial charge on any atom is -0.494 e. The van der Waals surface area contributed by atoms with Crippen molar-refractivity contribution in [2.45, 2.75) is 19.8 Å². The van der Waals surface area contributed by atoms with Gasteiger partial charge in [0.15, 0.2) is 0 Å². The Kier molecular flexibility index (Phi) is 7.77. The van der Waals surface area contributed by atoms with Crippen molar-refractivity contribution in [1.82, 2.24) is 21.2 Å². The Morgan fingerprint density at radius 3 is 2.44 bits per heavy atom. The van der Waals surface area contributed by atoms with E-state index < -0.39 is 17.7 Å². The number of unbranched alkanes of at least 4 members (excludes halogenated alkanes) is 1. The molecule has 0 saturated heterocycles. The summed E-state index contributed by atoms with van der Waals surface area (Å²) in [5.41, 5.74) is 5.01. The standard InChI is InChI=1S/C19H22N4O4/c1-2-3-12-27-15-9-7-14(8-10-15)18(25)21-13-17(24)22-23-19(26)16-6-4-5-11-20-16/h4-11H,2-3,12-13H2,1H3,(H,21,25)(H,22,24)(H,23,26). The van der Waals surface area contributed by atoms with E-state index in [1.165, 1.54) is 12.3 Å². The van der Waals surface area contributed by atoms with Crippen molar-refractivity contribution in [3.63, 3.8) is 0 Å². The number of nitrogens with one attached hydrogen (secondary N) is 3. The number of rotatable bonds is 8. The van der Waals surface area contributed by atoms with E-state index in [1.807, 2.05) is 0 Å². The summed E-state index contributed by atoms with van der Waals surface area (Å²) in [7, 11) is 0. The lowest BCUT2D eigenvalue weighted by Crippen LogP contribution is -2.46. The number of aromatic nitrogens is 1. The molecule has 1 aromatic carbocycles. The SMILES string of the molecule is CCCCOc1ccc(C(=O)NCC(=O)NNC(=O)c2ccccn2)cc1. The van der Waals surface area contributed by atoms with Crippen LogP contribution in [0.3, 0.4) is 0 Å². The molecule has 0 aliphatic heterocycles. The van der Waals surface area contributed by atoms with Crippen molar-refractivity contribution in [3.05, 3.63) is 59.9 Å². The van der Waals surface area contributed by atoms with E-state index in [-0.39, 0.29) is 12.2 Å². The molecule has 1 heterocycles. The first kappa shape index (κ1) is 19.9. The first-order chi connectivity index (χ1) is 13.1. The molecule has 3 amide bonds. The van der Waals surface area contributed by atoms with E-state index in [2.05, 4.69) is 28.1 Å². The predicted molar refractivity (Wildman–Crippen MR) is 99.0 cm³/mol. The van der Waals surface area contributed by atoms with Crippen LogP contribution in [0.5, 0.6) is 5.75 Å². The fourth-order valence-corrected chi connectivity index (χ4v) is 2.03. The van der Waals surface area contributed by atoms with Crippen LogP contribution in [-0.4, -0.2) is 35.9 Å². The number of benzene rings is 1. The molecule has 0 atom stereocenters. The van der Waals surface area contributed by atoms with Crippen LogP contribution in [0.4, 0.5) is 0 Å². The van der Waals surface area contributed by atoms with Gasteiger partial charge in [-0.3, -0.25) is 30.2 Å². The third-order valence-electron chi connectivity index (χ3n) is 3.51. The van der Waals surface area contributed by atoms with Gasteiger partial charge in [-0.25, -0.2) is 0 Å². The van der Waals surface area contributed by atoms with Crippen LogP contribution in [0.1, 0.15) is 40.6 Å². The van der Waals surface area contributed by atoms with Gasteiger partial charge in [-0.1, -0.05) is 19.4 Å². The molecule has 0 radical (unpaired) electrons. The Labute approximate surface area is 157 Å². The molecule has 0 aliphatic carbocycles. The van der Waals surface area contributed by atoms with Crippen LogP contribution in [-0.2, 0) is 4.79 Å². The number of hydrogen-bond donors (Lipinski definition) is 3. The zero-order valence-corrected chi connectivity index (χ0v) is 15.0. The minimum absolute atomic E-state index is 0.170. The summed E-state index contributed by atoms with van der Waals surface area (Å²) in [6.07, 6.45) is 3.48. The zero-order valence-electron chi connectivity index (χ0n) is 15.0. The van der Waals surface area contributed by atoms with E-state index in [1.54, 1.807) is 36.4 Å². The molecule has 0 aliphatic rings. The Morgan fingerprint density at radius 1 is 1.00 bits per heavy atom. The summed E-state index contributed by atoms with van der Waals surface area (Å²) in [6.45, 7) is 2.43. The maximum atomic E-state index is 12.1. The maximum Gasteiger partial charge on any atom is 0.288 e. The Hall–Kier alpha value is -3.42. The van der Waals surface area contributed by atoms with Crippen LogP contribution in [0.2, 0.25) is 0 Å². The molecule has 0 spiro atoms. The molecule has 0 unspecified atom stereocenters. The highest BCUT2D eigenvalue weighted by atomic mass is 16.5. The second-order valence-electron chi connectivity index (χ2n) is 5.63. The van der Waals surface area contributed by atoms with Gasteiger partial charge in [0.2, 0.25) is 0 Å². The lowest BCUT2D eigenvalue weighted by molar-refractivity contribution is -0.120. The first-order valence-corrected chi connectivity index (χ1v) is 8.61. The number of carbonyl (C=O) groups excluding carboxylic acids is 3. The molecule has 2 aromatic rings. The Balaban J connectivity index is 1.72. The molecule has 8 heteroatoms. The average molecular weight is 370 g/mol. The highest BCUT2D eigenvalue weighted by Gasteiger charge is 2.10. The molecule has 0 fully saturated rings. The number of carbonyl (C=O) groups is 3. The predicted octanol–water partition coefficient (Wildman–Crippen LogP) is 1.45. The van der Waals surface area contributed by atoms with Gasteiger partial charge in [0.1, 0.15) is 11.4 Å². The van der Waals surface area contributed by atoms with Gasteiger partial charge in [0.05, 0.1) is 13.2 Å². The van der Waals surface area contributed by atoms with E-state index in [0.717, 1.165) is 12.8 Å². The van der Waals surface area contributed by atoms with Gasteiger partial charge >= 0.3 is 0 Å². The van der Waals surface area contributed by atoms with Crippen LogP contribution in [0.15, 0.2) is 48.7 Å². The van der Waals surface area contributed by atoms with Crippen molar-refractivity contribution in [1.29, 1.82) is 0 Å². The van der Waals surface area contributed by atoms with Gasteiger partial charge < -0.3 is 10.1 Å². The highest BCUT2D eigenvalue weighted by Crippen LogP contribution is 2.12. The molecule has 27 heavy (non-hydrogen) atoms. The third-order valence-corrected chi connectivity index (χ3v) is 3.51. The van der Waals surface area contributed by atoms with Gasteiger partial charge in [0.25, 0.3) is 17.7 Å². The van der Waals surface area contributed by atoms with Crippen molar-refractivity contribution in [2.75, 3.05) is 13.2 Å². The number of nitrogens with zero attached hydrogens (tertiary/aromatic N) is 1. The second kappa shape index (κ2) is 10.5. The molecule has 142 valence electrons. The van der Waals surface area contributed by atoms with Gasteiger partial charge in [-0.05, 0) is 42.8 Å². The normalized spacial score (nSPS) is 9.96. The van der Waals surface area contributed by atoms with Crippen molar-refractivity contribution >= 4 is 17.7 Å². The van der Waals surface area contributed by atoms with E-state index in [4.69, 9.17) is 4.74 Å². The molecule has 1 aromatic heterocycles. The summed E-state index contributed by atoms with van der Waals surface area (Å²) in [5, 5.41) is 2.48. The van der Waals surface area contributed by atoms with Gasteiger partial charge in [-0.2, -0.15) is 0 Å². The fourth-order valence-electron chi connectivity index (χ4n) is 2.03. The Bertz CT molecular complexity index is 763. The maximum absolute atomic E-state index is 12.1. The summed E-state index contributed by atoms with van der Waals surface area (Å²) in [5.74, 6) is -0.822. The third kappa shape index (κ3) is 6.77. The van der Waals surface area contributed by atoms with Gasteiger partial charge in [0, 0.05) is 11.8 Å². The molecule has 2 rings (SSSR count). The number of amides is 3. The quantitative estimate of drug-likeness (QED) is 0.481. The molecular formula is C19H22N4O4. The zero-order chi connectivity index (χ0) is 19.5. The van der Waals surface area contributed by atoms with Crippen LogP contribution in [0.25, 0.3) is 0 Å². The summed E-state index contributed by atoms with van der Waals surface area (Å²) in [6, 6.07) is 11.5. The van der Waals surface area contributed by atoms with Crippen molar-refractivity contribution < 1.29 is 19.1 Å². The lowest BCUT2D eigenvalue weighted by atomic mass is 10.2. The fraction of sp³-hybridized carbons (Fsp3) is 0.263. The molecule has 8 nitrogen and oxygen atoms in total. The topological polar surface area (TPSA) is 109 Å². The lowest BCUT2D eigenvalue weighted by Gasteiger charge is -2.09. The van der Waals surface area contributed by atoms with Crippen LogP contribution >= 0.6 is 0 Å². The molecule has 0 saturated carbocycles. The number of hydrogen-bond acceptors (Lipinski definition) is 5. The van der Waals surface area contributed by atoms with E-state index in [9.17, 15) is 14.4 Å². The van der Waals surface area contributed by atoms with Crippen molar-refractivity contribution in [3.8, 4) is 5.75 Å².